The fourth-order valence-electron chi connectivity index (χ4n) is 3.28. The van der Waals surface area contributed by atoms with E-state index < -0.39 is 0 Å². The highest BCUT2D eigenvalue weighted by Crippen LogP contribution is 2.32. The first kappa shape index (κ1) is 17.6. The molecular formula is C19H28N4O2. The summed E-state index contributed by atoms with van der Waals surface area (Å²) >= 11 is 0. The Labute approximate surface area is 149 Å². The smallest absolute Gasteiger partial charge is 0.161 e. The second-order valence-electron chi connectivity index (χ2n) is 6.76. The van der Waals surface area contributed by atoms with Gasteiger partial charge < -0.3 is 19.7 Å². The van der Waals surface area contributed by atoms with Crippen molar-refractivity contribution < 1.29 is 9.47 Å². The molecule has 2 heterocycles. The first-order valence-corrected chi connectivity index (χ1v) is 8.80. The molecule has 0 saturated heterocycles. The van der Waals surface area contributed by atoms with Crippen molar-refractivity contribution in [1.82, 2.24) is 15.1 Å². The van der Waals surface area contributed by atoms with E-state index in [0.717, 1.165) is 36.0 Å². The number of hydrogen-bond acceptors (Lipinski definition) is 5. The summed E-state index contributed by atoms with van der Waals surface area (Å²) in [6, 6.07) is 6.40. The van der Waals surface area contributed by atoms with Crippen LogP contribution in [-0.2, 0) is 13.6 Å². The Morgan fingerprint density at radius 2 is 1.96 bits per heavy atom. The molecule has 0 unspecified atom stereocenters. The van der Waals surface area contributed by atoms with Gasteiger partial charge in [-0.3, -0.25) is 4.68 Å². The minimum Gasteiger partial charge on any atom is -0.490 e. The van der Waals surface area contributed by atoms with Crippen LogP contribution in [0.4, 0.5) is 5.82 Å². The fraction of sp³-hybridized carbons (Fsp3) is 0.526. The number of nitrogens with zero attached hydrogens (tertiary/aromatic N) is 3. The molecule has 1 aliphatic rings. The molecule has 1 atom stereocenters. The molecule has 0 amide bonds. The van der Waals surface area contributed by atoms with E-state index in [2.05, 4.69) is 41.3 Å². The minimum atomic E-state index is 0.201. The van der Waals surface area contributed by atoms with Crippen LogP contribution in [0.5, 0.6) is 11.5 Å². The lowest BCUT2D eigenvalue weighted by Crippen LogP contribution is -2.21. The predicted molar refractivity (Wildman–Crippen MR) is 99.6 cm³/mol. The maximum absolute atomic E-state index is 5.80. The number of aromatic nitrogens is 2. The summed E-state index contributed by atoms with van der Waals surface area (Å²) in [6.45, 7) is 6.42. The van der Waals surface area contributed by atoms with Crippen LogP contribution in [0.2, 0.25) is 0 Å². The first-order chi connectivity index (χ1) is 12.0. The Bertz CT molecular complexity index is 739. The third-order valence-corrected chi connectivity index (χ3v) is 4.59. The zero-order valence-electron chi connectivity index (χ0n) is 15.8. The topological polar surface area (TPSA) is 51.6 Å². The van der Waals surface area contributed by atoms with Gasteiger partial charge in [0.2, 0.25) is 0 Å². The number of ether oxygens (including phenoxy) is 2. The number of rotatable bonds is 5. The lowest BCUT2D eigenvalue weighted by atomic mass is 10.1. The van der Waals surface area contributed by atoms with Crippen molar-refractivity contribution in [3.8, 4) is 11.5 Å². The van der Waals surface area contributed by atoms with Crippen LogP contribution < -0.4 is 19.7 Å². The van der Waals surface area contributed by atoms with E-state index in [9.17, 15) is 0 Å². The first-order valence-electron chi connectivity index (χ1n) is 8.80. The highest BCUT2D eigenvalue weighted by atomic mass is 16.5. The van der Waals surface area contributed by atoms with Crippen LogP contribution in [0.25, 0.3) is 0 Å². The molecule has 6 heteroatoms. The molecule has 1 N–H and O–H groups in total. The molecule has 0 radical (unpaired) electrons. The van der Waals surface area contributed by atoms with E-state index >= 15 is 0 Å². The predicted octanol–water partition coefficient (Wildman–Crippen LogP) is 2.81. The van der Waals surface area contributed by atoms with Crippen molar-refractivity contribution in [1.29, 1.82) is 0 Å². The molecule has 3 rings (SSSR count). The maximum atomic E-state index is 5.80. The average Bonchev–Trinajstić information content (AvgIpc) is 2.74. The van der Waals surface area contributed by atoms with Crippen LogP contribution in [0.3, 0.4) is 0 Å². The third-order valence-electron chi connectivity index (χ3n) is 4.59. The second-order valence-corrected chi connectivity index (χ2v) is 6.76. The number of anilines is 1. The van der Waals surface area contributed by atoms with E-state index in [1.165, 1.54) is 11.1 Å². The fourth-order valence-corrected chi connectivity index (χ4v) is 3.28. The molecule has 2 aromatic rings. The van der Waals surface area contributed by atoms with Crippen molar-refractivity contribution in [2.24, 2.45) is 7.05 Å². The van der Waals surface area contributed by atoms with Crippen LogP contribution in [-0.4, -0.2) is 37.1 Å². The monoisotopic (exact) mass is 344 g/mol. The SMILES string of the molecule is Cc1nn(C)c(N(C)C)c1CN[C@@H](C)c1ccc2c(c1)OCCCO2. The lowest BCUT2D eigenvalue weighted by molar-refractivity contribution is 0.297. The Morgan fingerprint density at radius 3 is 2.68 bits per heavy atom. The molecule has 0 aliphatic carbocycles. The van der Waals surface area contributed by atoms with Gasteiger partial charge in [0.25, 0.3) is 0 Å². The van der Waals surface area contributed by atoms with E-state index in [-0.39, 0.29) is 6.04 Å². The molecule has 1 aromatic heterocycles. The summed E-state index contributed by atoms with van der Waals surface area (Å²) in [5.74, 6) is 2.82. The highest BCUT2D eigenvalue weighted by molar-refractivity contribution is 5.49. The normalized spacial score (nSPS) is 14.9. The second kappa shape index (κ2) is 7.35. The summed E-state index contributed by atoms with van der Waals surface area (Å²) < 4.78 is 13.4. The Kier molecular flexibility index (Phi) is 5.18. The number of nitrogens with one attached hydrogen (secondary N) is 1. The van der Waals surface area contributed by atoms with E-state index in [0.29, 0.717) is 13.2 Å². The zero-order chi connectivity index (χ0) is 18.0. The van der Waals surface area contributed by atoms with E-state index in [1.807, 2.05) is 31.9 Å². The van der Waals surface area contributed by atoms with Crippen LogP contribution in [0.1, 0.15) is 36.2 Å². The summed E-state index contributed by atoms with van der Waals surface area (Å²) in [5, 5.41) is 8.16. The quantitative estimate of drug-likeness (QED) is 0.904. The standard InChI is InChI=1S/C19H28N4O2/c1-13(15-7-8-17-18(11-15)25-10-6-9-24-17)20-12-16-14(2)21-23(5)19(16)22(3)4/h7-8,11,13,20H,6,9-10,12H2,1-5H3/t13-/m0/s1. The molecule has 0 saturated carbocycles. The van der Waals surface area contributed by atoms with Gasteiger partial charge in [-0.25, -0.2) is 0 Å². The third kappa shape index (κ3) is 3.74. The number of fused-ring (bicyclic) bond motifs is 1. The van der Waals surface area contributed by atoms with Crippen LogP contribution in [0.15, 0.2) is 18.2 Å². The van der Waals surface area contributed by atoms with Gasteiger partial charge in [0.05, 0.1) is 18.9 Å². The number of hydrogen-bond donors (Lipinski definition) is 1. The summed E-state index contributed by atoms with van der Waals surface area (Å²) in [7, 11) is 6.08. The number of aryl methyl sites for hydroxylation is 2. The average molecular weight is 344 g/mol. The number of benzene rings is 1. The van der Waals surface area contributed by atoms with Gasteiger partial charge in [0.1, 0.15) is 5.82 Å². The molecule has 0 spiro atoms. The summed E-state index contributed by atoms with van der Waals surface area (Å²) in [4.78, 5) is 2.11. The van der Waals surface area contributed by atoms with Crippen molar-refractivity contribution in [3.05, 3.63) is 35.0 Å². The zero-order valence-corrected chi connectivity index (χ0v) is 15.8. The van der Waals surface area contributed by atoms with Gasteiger partial charge in [0, 0.05) is 45.7 Å². The molecule has 0 bridgehead atoms. The van der Waals surface area contributed by atoms with Crippen LogP contribution in [0, 0.1) is 6.92 Å². The van der Waals surface area contributed by atoms with Gasteiger partial charge in [-0.1, -0.05) is 6.07 Å². The van der Waals surface area contributed by atoms with Crippen molar-refractivity contribution in [2.45, 2.75) is 32.9 Å². The highest BCUT2D eigenvalue weighted by Gasteiger charge is 2.17. The summed E-state index contributed by atoms with van der Waals surface area (Å²) in [5.41, 5.74) is 3.48. The van der Waals surface area contributed by atoms with Gasteiger partial charge in [-0.2, -0.15) is 5.10 Å². The Balaban J connectivity index is 1.73. The summed E-state index contributed by atoms with van der Waals surface area (Å²) in [6.07, 6.45) is 0.922. The van der Waals surface area contributed by atoms with Gasteiger partial charge in [-0.05, 0) is 31.5 Å². The molecule has 1 aliphatic heterocycles. The van der Waals surface area contributed by atoms with Gasteiger partial charge in [-0.15, -0.1) is 0 Å². The largest absolute Gasteiger partial charge is 0.490 e. The molecule has 136 valence electrons. The molecule has 0 fully saturated rings. The lowest BCUT2D eigenvalue weighted by Gasteiger charge is -2.19. The molecule has 1 aromatic carbocycles. The molecular weight excluding hydrogens is 316 g/mol. The van der Waals surface area contributed by atoms with Crippen molar-refractivity contribution in [2.75, 3.05) is 32.2 Å². The van der Waals surface area contributed by atoms with Crippen molar-refractivity contribution in [3.63, 3.8) is 0 Å². The molecule has 25 heavy (non-hydrogen) atoms. The van der Waals surface area contributed by atoms with Gasteiger partial charge >= 0.3 is 0 Å². The Morgan fingerprint density at radius 1 is 1.24 bits per heavy atom. The maximum Gasteiger partial charge on any atom is 0.161 e. The van der Waals surface area contributed by atoms with Crippen molar-refractivity contribution >= 4 is 5.82 Å². The Hall–Kier alpha value is -2.21. The van der Waals surface area contributed by atoms with E-state index in [1.54, 1.807) is 0 Å². The van der Waals surface area contributed by atoms with Crippen LogP contribution >= 0.6 is 0 Å². The van der Waals surface area contributed by atoms with Gasteiger partial charge in [0.15, 0.2) is 11.5 Å². The molecule has 6 nitrogen and oxygen atoms in total. The minimum absolute atomic E-state index is 0.201. The van der Waals surface area contributed by atoms with E-state index in [4.69, 9.17) is 9.47 Å².